The van der Waals surface area contributed by atoms with E-state index in [4.69, 9.17) is 0 Å². The Hall–Kier alpha value is -2.62. The summed E-state index contributed by atoms with van der Waals surface area (Å²) in [6.45, 7) is 0. The lowest BCUT2D eigenvalue weighted by molar-refractivity contribution is 0.102. The molecule has 0 radical (unpaired) electrons. The summed E-state index contributed by atoms with van der Waals surface area (Å²) in [6, 6.07) is 14.1. The smallest absolute Gasteiger partial charge is 0.255 e. The van der Waals surface area contributed by atoms with E-state index in [1.54, 1.807) is 24.3 Å². The molecule has 0 aromatic heterocycles. The fourth-order valence-electron chi connectivity index (χ4n) is 1.80. The first-order valence-corrected chi connectivity index (χ1v) is 6.24. The molecule has 0 aliphatic heterocycles. The molecule has 4 nitrogen and oxygen atoms in total. The van der Waals surface area contributed by atoms with Gasteiger partial charge in [0.25, 0.3) is 5.91 Å². The van der Waals surface area contributed by atoms with Crippen molar-refractivity contribution in [2.45, 2.75) is 0 Å². The maximum Gasteiger partial charge on any atom is 0.255 e. The molecule has 0 heterocycles. The molecule has 2 aromatic rings. The summed E-state index contributed by atoms with van der Waals surface area (Å²) in [4.78, 5) is 24.8. The van der Waals surface area contributed by atoms with E-state index in [0.29, 0.717) is 11.1 Å². The molecule has 0 atom stereocenters. The van der Waals surface area contributed by atoms with Crippen LogP contribution >= 0.6 is 0 Å². The van der Waals surface area contributed by atoms with E-state index in [9.17, 15) is 9.59 Å². The van der Waals surface area contributed by atoms with Crippen molar-refractivity contribution in [2.24, 2.45) is 0 Å². The van der Waals surface area contributed by atoms with Gasteiger partial charge in [-0.1, -0.05) is 12.1 Å². The van der Waals surface area contributed by atoms with Gasteiger partial charge in [-0.2, -0.15) is 0 Å². The molecule has 1 N–H and O–H groups in total. The van der Waals surface area contributed by atoms with E-state index < -0.39 is 0 Å². The van der Waals surface area contributed by atoms with Crippen LogP contribution in [-0.4, -0.2) is 26.3 Å². The predicted molar refractivity (Wildman–Crippen MR) is 80.6 cm³/mol. The molecule has 0 bridgehead atoms. The number of anilines is 2. The number of hydrogen-bond donors (Lipinski definition) is 1. The fraction of sp³-hybridized carbons (Fsp3) is 0.125. The van der Waals surface area contributed by atoms with Gasteiger partial charge < -0.3 is 10.2 Å². The van der Waals surface area contributed by atoms with Gasteiger partial charge in [0.1, 0.15) is 6.29 Å². The Morgan fingerprint density at radius 3 is 2.40 bits per heavy atom. The molecule has 0 saturated heterocycles. The van der Waals surface area contributed by atoms with Gasteiger partial charge in [0.15, 0.2) is 0 Å². The lowest BCUT2D eigenvalue weighted by Crippen LogP contribution is -2.12. The monoisotopic (exact) mass is 268 g/mol. The third kappa shape index (κ3) is 3.23. The zero-order valence-corrected chi connectivity index (χ0v) is 11.5. The third-order valence-electron chi connectivity index (χ3n) is 2.93. The van der Waals surface area contributed by atoms with Crippen LogP contribution in [-0.2, 0) is 0 Å². The molecule has 0 unspecified atom stereocenters. The van der Waals surface area contributed by atoms with Crippen LogP contribution in [0.2, 0.25) is 0 Å². The van der Waals surface area contributed by atoms with Crippen LogP contribution in [0.25, 0.3) is 0 Å². The van der Waals surface area contributed by atoms with E-state index in [0.717, 1.165) is 17.7 Å². The molecule has 102 valence electrons. The Labute approximate surface area is 118 Å². The van der Waals surface area contributed by atoms with Gasteiger partial charge in [-0.25, -0.2) is 0 Å². The minimum Gasteiger partial charge on any atom is -0.378 e. The first kappa shape index (κ1) is 13.8. The average Bonchev–Trinajstić information content (AvgIpc) is 2.47. The van der Waals surface area contributed by atoms with Gasteiger partial charge in [0.2, 0.25) is 0 Å². The summed E-state index contributed by atoms with van der Waals surface area (Å²) in [5.41, 5.74) is 2.73. The Morgan fingerprint density at radius 2 is 1.80 bits per heavy atom. The van der Waals surface area contributed by atoms with Crippen molar-refractivity contribution in [2.75, 3.05) is 24.3 Å². The van der Waals surface area contributed by atoms with E-state index >= 15 is 0 Å². The van der Waals surface area contributed by atoms with Crippen molar-refractivity contribution in [1.29, 1.82) is 0 Å². The zero-order chi connectivity index (χ0) is 14.5. The molecule has 0 saturated carbocycles. The third-order valence-corrected chi connectivity index (χ3v) is 2.93. The van der Waals surface area contributed by atoms with Crippen molar-refractivity contribution in [3.63, 3.8) is 0 Å². The Morgan fingerprint density at radius 1 is 1.10 bits per heavy atom. The van der Waals surface area contributed by atoms with E-state index in [-0.39, 0.29) is 5.91 Å². The largest absolute Gasteiger partial charge is 0.378 e. The molecular formula is C16H16N2O2. The van der Waals surface area contributed by atoms with E-state index in [1.165, 1.54) is 0 Å². The lowest BCUT2D eigenvalue weighted by Gasteiger charge is -2.13. The summed E-state index contributed by atoms with van der Waals surface area (Å²) < 4.78 is 0. The van der Waals surface area contributed by atoms with Gasteiger partial charge in [-0.3, -0.25) is 9.59 Å². The highest BCUT2D eigenvalue weighted by molar-refractivity contribution is 6.05. The van der Waals surface area contributed by atoms with Gasteiger partial charge >= 0.3 is 0 Å². The highest BCUT2D eigenvalue weighted by atomic mass is 16.1. The highest BCUT2D eigenvalue weighted by Crippen LogP contribution is 2.16. The molecule has 2 aromatic carbocycles. The second-order valence-corrected chi connectivity index (χ2v) is 4.64. The van der Waals surface area contributed by atoms with E-state index in [1.807, 2.05) is 43.3 Å². The highest BCUT2D eigenvalue weighted by Gasteiger charge is 2.06. The van der Waals surface area contributed by atoms with Crippen molar-refractivity contribution in [3.05, 3.63) is 59.7 Å². The molecule has 1 amide bonds. The van der Waals surface area contributed by atoms with Crippen LogP contribution in [0.4, 0.5) is 11.4 Å². The minimum atomic E-state index is -0.230. The molecule has 0 aliphatic carbocycles. The molecule has 0 aliphatic rings. The van der Waals surface area contributed by atoms with Gasteiger partial charge in [0, 0.05) is 36.6 Å². The van der Waals surface area contributed by atoms with Gasteiger partial charge in [-0.15, -0.1) is 0 Å². The quantitative estimate of drug-likeness (QED) is 0.867. The molecular weight excluding hydrogens is 252 g/mol. The van der Waals surface area contributed by atoms with Crippen LogP contribution < -0.4 is 10.2 Å². The number of aldehydes is 1. The van der Waals surface area contributed by atoms with Crippen LogP contribution in [0.5, 0.6) is 0 Å². The Balaban J connectivity index is 2.12. The number of carbonyl (C=O) groups is 2. The van der Waals surface area contributed by atoms with Crippen LogP contribution in [0, 0.1) is 0 Å². The number of nitrogens with zero attached hydrogens (tertiary/aromatic N) is 1. The Kier molecular flexibility index (Phi) is 4.15. The minimum absolute atomic E-state index is 0.230. The number of carbonyl (C=O) groups excluding carboxylic acids is 2. The maximum absolute atomic E-state index is 12.1. The topological polar surface area (TPSA) is 49.4 Å². The predicted octanol–water partition coefficient (Wildman–Crippen LogP) is 2.82. The maximum atomic E-state index is 12.1. The average molecular weight is 268 g/mol. The number of amides is 1. The molecule has 20 heavy (non-hydrogen) atoms. The Bertz CT molecular complexity index is 619. The number of nitrogens with one attached hydrogen (secondary N) is 1. The summed E-state index contributed by atoms with van der Waals surface area (Å²) in [5, 5.41) is 2.80. The summed E-state index contributed by atoms with van der Waals surface area (Å²) in [6.07, 6.45) is 0.725. The first-order valence-electron chi connectivity index (χ1n) is 6.24. The fourth-order valence-corrected chi connectivity index (χ4v) is 1.80. The standard InChI is InChI=1S/C16H16N2O2/c1-18(2)15-8-6-14(7-9-15)17-16(20)13-5-3-4-12(10-13)11-19/h3-11H,1-2H3,(H,17,20). The molecule has 0 fully saturated rings. The SMILES string of the molecule is CN(C)c1ccc(NC(=O)c2cccc(C=O)c2)cc1. The molecule has 2 rings (SSSR count). The summed E-state index contributed by atoms with van der Waals surface area (Å²) >= 11 is 0. The normalized spacial score (nSPS) is 9.90. The molecule has 4 heteroatoms. The van der Waals surface area contributed by atoms with E-state index in [2.05, 4.69) is 5.32 Å². The van der Waals surface area contributed by atoms with Crippen LogP contribution in [0.1, 0.15) is 20.7 Å². The summed E-state index contributed by atoms with van der Waals surface area (Å²) in [7, 11) is 3.91. The van der Waals surface area contributed by atoms with Crippen LogP contribution in [0.3, 0.4) is 0 Å². The lowest BCUT2D eigenvalue weighted by atomic mass is 10.1. The first-order chi connectivity index (χ1) is 9.60. The number of rotatable bonds is 4. The van der Waals surface area contributed by atoms with Crippen molar-refractivity contribution in [3.8, 4) is 0 Å². The second-order valence-electron chi connectivity index (χ2n) is 4.64. The van der Waals surface area contributed by atoms with Crippen molar-refractivity contribution in [1.82, 2.24) is 0 Å². The second kappa shape index (κ2) is 6.02. The molecule has 0 spiro atoms. The van der Waals surface area contributed by atoms with Crippen molar-refractivity contribution < 1.29 is 9.59 Å². The zero-order valence-electron chi connectivity index (χ0n) is 11.5. The summed E-state index contributed by atoms with van der Waals surface area (Å²) in [5.74, 6) is -0.230. The number of benzene rings is 2. The van der Waals surface area contributed by atoms with Crippen LogP contribution in [0.15, 0.2) is 48.5 Å². The van der Waals surface area contributed by atoms with Gasteiger partial charge in [-0.05, 0) is 36.4 Å². The van der Waals surface area contributed by atoms with Gasteiger partial charge in [0.05, 0.1) is 0 Å². The van der Waals surface area contributed by atoms with Crippen molar-refractivity contribution >= 4 is 23.6 Å². The number of hydrogen-bond acceptors (Lipinski definition) is 3.